The molecule has 0 unspecified atom stereocenters. The van der Waals surface area contributed by atoms with Crippen LogP contribution < -0.4 is 0 Å². The van der Waals surface area contributed by atoms with E-state index >= 15 is 0 Å². The second-order valence-electron chi connectivity index (χ2n) is 4.54. The summed E-state index contributed by atoms with van der Waals surface area (Å²) in [6.45, 7) is 9.95. The fourth-order valence-electron chi connectivity index (χ4n) is 2.53. The van der Waals surface area contributed by atoms with Crippen LogP contribution >= 0.6 is 7.87 Å². The van der Waals surface area contributed by atoms with E-state index in [-0.39, 0.29) is 0 Å². The van der Waals surface area contributed by atoms with Gasteiger partial charge in [0.15, 0.2) is 0 Å². The maximum absolute atomic E-state index is 2.51. The Morgan fingerprint density at radius 2 is 0.875 bits per heavy atom. The van der Waals surface area contributed by atoms with Crippen molar-refractivity contribution in [3.05, 3.63) is 0 Å². The third-order valence-electron chi connectivity index (χ3n) is 3.56. The first kappa shape index (κ1) is 16.3. The van der Waals surface area contributed by atoms with Crippen molar-refractivity contribution in [2.24, 2.45) is 0 Å². The molecule has 0 aromatic carbocycles. The molecule has 4 nitrogen and oxygen atoms in total. The third kappa shape index (κ3) is 2.74. The molecule has 0 amide bonds. The van der Waals surface area contributed by atoms with Crippen molar-refractivity contribution < 1.29 is 0 Å². The van der Waals surface area contributed by atoms with Crippen LogP contribution in [-0.4, -0.2) is 73.6 Å². The molecule has 0 radical (unpaired) electrons. The van der Waals surface area contributed by atoms with Gasteiger partial charge in [0.1, 0.15) is 0 Å². The van der Waals surface area contributed by atoms with Crippen LogP contribution in [0.1, 0.15) is 20.8 Å². The van der Waals surface area contributed by atoms with Crippen LogP contribution in [-0.2, 0) is 0 Å². The van der Waals surface area contributed by atoms with E-state index in [1.54, 1.807) is 0 Å². The summed E-state index contributed by atoms with van der Waals surface area (Å²) >= 11 is 0. The summed E-state index contributed by atoms with van der Waals surface area (Å²) in [5, 5.41) is 0. The summed E-state index contributed by atoms with van der Waals surface area (Å²) in [5.41, 5.74) is 0. The molecule has 0 heterocycles. The van der Waals surface area contributed by atoms with Gasteiger partial charge in [-0.2, -0.15) is 0 Å². The Bertz CT molecular complexity index is 172. The van der Waals surface area contributed by atoms with E-state index in [2.05, 4.69) is 74.7 Å². The third-order valence-corrected chi connectivity index (χ3v) is 8.78. The summed E-state index contributed by atoms with van der Waals surface area (Å²) in [6.07, 6.45) is 0. The Morgan fingerprint density at radius 1 is 0.625 bits per heavy atom. The van der Waals surface area contributed by atoms with Crippen molar-refractivity contribution in [1.29, 1.82) is 0 Å². The van der Waals surface area contributed by atoms with Crippen molar-refractivity contribution in [3.8, 4) is 0 Å². The molecule has 0 aromatic rings. The molecule has 0 aliphatic heterocycles. The van der Waals surface area contributed by atoms with Gasteiger partial charge in [-0.15, -0.1) is 0 Å². The van der Waals surface area contributed by atoms with E-state index in [0.29, 0.717) is 0 Å². The van der Waals surface area contributed by atoms with Gasteiger partial charge in [-0.1, -0.05) is 0 Å². The fourth-order valence-corrected chi connectivity index (χ4v) is 7.60. The predicted octanol–water partition coefficient (Wildman–Crippen LogP) is 1.81. The van der Waals surface area contributed by atoms with Gasteiger partial charge in [0.25, 0.3) is 0 Å². The van der Waals surface area contributed by atoms with Crippen LogP contribution in [0.3, 0.4) is 0 Å². The van der Waals surface area contributed by atoms with Gasteiger partial charge in [-0.05, 0) is 0 Å². The molecule has 0 spiro atoms. The van der Waals surface area contributed by atoms with Crippen molar-refractivity contribution in [3.63, 3.8) is 0 Å². The molecular formula is C11H31N4P. The molecule has 0 aromatic heterocycles. The Hall–Kier alpha value is 0.270. The van der Waals surface area contributed by atoms with Crippen LogP contribution in [0, 0.1) is 0 Å². The number of hydrogen-bond donors (Lipinski definition) is 0. The zero-order valence-corrected chi connectivity index (χ0v) is 13.4. The summed E-state index contributed by atoms with van der Waals surface area (Å²) in [6, 6.07) is 0. The summed E-state index contributed by atoms with van der Waals surface area (Å²) in [4.78, 5) is 0. The molecule has 0 N–H and O–H groups in total. The van der Waals surface area contributed by atoms with E-state index < -0.39 is 7.87 Å². The minimum absolute atomic E-state index is 1.08. The number of rotatable bonds is 7. The van der Waals surface area contributed by atoms with Crippen LogP contribution in [0.4, 0.5) is 0 Å². The average molecular weight is 250 g/mol. The number of hydrogen-bond acceptors (Lipinski definition) is 4. The Kier molecular flexibility index (Phi) is 6.99. The second-order valence-corrected chi connectivity index (χ2v) is 8.92. The fraction of sp³-hybridized carbons (Fsp3) is 1.00. The van der Waals surface area contributed by atoms with Crippen molar-refractivity contribution in [1.82, 2.24) is 18.7 Å². The maximum atomic E-state index is 2.51. The normalized spacial score (nSPS) is 14.5. The van der Waals surface area contributed by atoms with E-state index in [1.807, 2.05) is 0 Å². The van der Waals surface area contributed by atoms with Gasteiger partial charge < -0.3 is 0 Å². The van der Waals surface area contributed by atoms with Crippen LogP contribution in [0.25, 0.3) is 0 Å². The molecule has 0 saturated carbocycles. The number of nitrogens with zero attached hydrogens (tertiary/aromatic N) is 4. The van der Waals surface area contributed by atoms with E-state index in [9.17, 15) is 0 Å². The molecular weight excluding hydrogens is 219 g/mol. The molecule has 0 bridgehead atoms. The van der Waals surface area contributed by atoms with E-state index in [0.717, 1.165) is 19.6 Å². The second kappa shape index (κ2) is 6.87. The standard InChI is InChI=1S/C11H31N4P/c1-9-13(6)16(12(4)5,14(7)10-2)15(8)11-3/h16H,9-11H2,1-8H3. The van der Waals surface area contributed by atoms with Gasteiger partial charge in [0.2, 0.25) is 0 Å². The zero-order chi connectivity index (χ0) is 12.9. The summed E-state index contributed by atoms with van der Waals surface area (Å²) < 4.78 is 9.96. The summed E-state index contributed by atoms with van der Waals surface area (Å²) in [7, 11) is 9.28. The molecule has 100 valence electrons. The van der Waals surface area contributed by atoms with Crippen LogP contribution in [0.5, 0.6) is 0 Å². The molecule has 0 aliphatic carbocycles. The van der Waals surface area contributed by atoms with Gasteiger partial charge in [-0.3, -0.25) is 0 Å². The molecule has 0 fully saturated rings. The first-order valence-corrected chi connectivity index (χ1v) is 7.99. The van der Waals surface area contributed by atoms with Gasteiger partial charge in [0, 0.05) is 0 Å². The van der Waals surface area contributed by atoms with Crippen molar-refractivity contribution in [2.75, 3.05) is 54.9 Å². The van der Waals surface area contributed by atoms with Crippen molar-refractivity contribution >= 4 is 7.87 Å². The van der Waals surface area contributed by atoms with Crippen molar-refractivity contribution in [2.45, 2.75) is 20.8 Å². The topological polar surface area (TPSA) is 13.0 Å². The predicted molar refractivity (Wildman–Crippen MR) is 76.9 cm³/mol. The Balaban J connectivity index is 5.38. The van der Waals surface area contributed by atoms with Gasteiger partial charge in [0.05, 0.1) is 0 Å². The zero-order valence-electron chi connectivity index (χ0n) is 12.4. The van der Waals surface area contributed by atoms with Gasteiger partial charge >= 0.3 is 102 Å². The Labute approximate surface area is 103 Å². The quantitative estimate of drug-likeness (QED) is 0.639. The SMILES string of the molecule is CCN(C)[PH](N(C)C)(N(C)CC)N(C)CC. The molecule has 5 heteroatoms. The van der Waals surface area contributed by atoms with Crippen LogP contribution in [0.15, 0.2) is 0 Å². The molecule has 0 aliphatic rings. The first-order chi connectivity index (χ1) is 7.39. The first-order valence-electron chi connectivity index (χ1n) is 6.20. The van der Waals surface area contributed by atoms with Gasteiger partial charge in [-0.25, -0.2) is 0 Å². The monoisotopic (exact) mass is 250 g/mol. The van der Waals surface area contributed by atoms with E-state index in [1.165, 1.54) is 0 Å². The molecule has 16 heavy (non-hydrogen) atoms. The Morgan fingerprint density at radius 3 is 1.00 bits per heavy atom. The van der Waals surface area contributed by atoms with E-state index in [4.69, 9.17) is 0 Å². The summed E-state index contributed by atoms with van der Waals surface area (Å²) in [5.74, 6) is 0. The molecule has 0 saturated heterocycles. The van der Waals surface area contributed by atoms with Crippen LogP contribution in [0.2, 0.25) is 0 Å². The molecule has 0 atom stereocenters. The average Bonchev–Trinajstić information content (AvgIpc) is 2.28. The molecule has 0 rings (SSSR count). The minimum atomic E-state index is -1.85.